The summed E-state index contributed by atoms with van der Waals surface area (Å²) in [6, 6.07) is 13.7. The first-order valence-electron chi connectivity index (χ1n) is 13.0. The number of rotatable bonds is 10. The van der Waals surface area contributed by atoms with Gasteiger partial charge in [-0.1, -0.05) is 36.4 Å². The highest BCUT2D eigenvalue weighted by atomic mass is 16.5. The van der Waals surface area contributed by atoms with E-state index in [1.807, 2.05) is 42.5 Å². The number of amides is 4. The Morgan fingerprint density at radius 1 is 1.15 bits per heavy atom. The first-order valence-corrected chi connectivity index (χ1v) is 13.0. The maximum Gasteiger partial charge on any atom is 0.405 e. The number of hydrazone groups is 1. The minimum atomic E-state index is -1.50. The quantitative estimate of drug-likeness (QED) is 0.404. The molecule has 40 heavy (non-hydrogen) atoms. The molecule has 212 valence electrons. The second kappa shape index (κ2) is 11.8. The molecule has 0 radical (unpaired) electrons. The van der Waals surface area contributed by atoms with E-state index in [1.54, 1.807) is 24.2 Å². The zero-order valence-electron chi connectivity index (χ0n) is 22.8. The lowest BCUT2D eigenvalue weighted by Crippen LogP contribution is -2.62. The van der Waals surface area contributed by atoms with E-state index >= 15 is 0 Å². The number of pyridine rings is 1. The van der Waals surface area contributed by atoms with Crippen molar-refractivity contribution in [3.8, 4) is 0 Å². The van der Waals surface area contributed by atoms with Gasteiger partial charge < -0.3 is 25.4 Å². The molecule has 0 spiro atoms. The van der Waals surface area contributed by atoms with Gasteiger partial charge in [0.25, 0.3) is 5.91 Å². The van der Waals surface area contributed by atoms with Crippen molar-refractivity contribution in [1.82, 2.24) is 25.5 Å². The van der Waals surface area contributed by atoms with Crippen molar-refractivity contribution < 1.29 is 29.0 Å². The van der Waals surface area contributed by atoms with E-state index in [0.717, 1.165) is 5.56 Å². The fraction of sp³-hybridized carbons (Fsp3) is 0.429. The Balaban J connectivity index is 1.56. The summed E-state index contributed by atoms with van der Waals surface area (Å²) in [5.74, 6) is -1.34. The van der Waals surface area contributed by atoms with Crippen molar-refractivity contribution in [2.24, 2.45) is 10.5 Å². The van der Waals surface area contributed by atoms with Crippen LogP contribution in [0.5, 0.6) is 0 Å². The van der Waals surface area contributed by atoms with Crippen LogP contribution >= 0.6 is 0 Å². The van der Waals surface area contributed by atoms with Gasteiger partial charge in [0.2, 0.25) is 11.8 Å². The van der Waals surface area contributed by atoms with Crippen LogP contribution < -0.4 is 10.6 Å². The summed E-state index contributed by atoms with van der Waals surface area (Å²) in [6.07, 6.45) is 0.940. The molecule has 2 aliphatic heterocycles. The first kappa shape index (κ1) is 28.7. The topological polar surface area (TPSA) is 154 Å². The Morgan fingerprint density at radius 2 is 1.88 bits per heavy atom. The lowest BCUT2D eigenvalue weighted by atomic mass is 9.74. The predicted molar refractivity (Wildman–Crippen MR) is 145 cm³/mol. The number of carbonyl (C=O) groups excluding carboxylic acids is 3. The fourth-order valence-corrected chi connectivity index (χ4v) is 5.01. The van der Waals surface area contributed by atoms with Crippen molar-refractivity contribution in [2.45, 2.75) is 44.9 Å². The summed E-state index contributed by atoms with van der Waals surface area (Å²) in [4.78, 5) is 57.6. The molecule has 0 saturated carbocycles. The minimum Gasteiger partial charge on any atom is -0.465 e. The highest BCUT2D eigenvalue weighted by molar-refractivity contribution is 6.13. The third kappa shape index (κ3) is 6.28. The SMILES string of the molecule is CN1N=C2CCN(C(=O)C(COCc3ccccc3)NC(=O)C(C)(C)NC(=O)O)CC2(Cc2ccccn2)C1=O. The van der Waals surface area contributed by atoms with E-state index in [4.69, 9.17) is 9.84 Å². The van der Waals surface area contributed by atoms with Crippen LogP contribution in [0.4, 0.5) is 4.79 Å². The summed E-state index contributed by atoms with van der Waals surface area (Å²) in [5.41, 5.74) is -0.287. The number of ether oxygens (including phenoxy) is 1. The molecular formula is C28H34N6O6. The molecule has 3 heterocycles. The van der Waals surface area contributed by atoms with Crippen LogP contribution in [0, 0.1) is 5.41 Å². The van der Waals surface area contributed by atoms with Gasteiger partial charge >= 0.3 is 6.09 Å². The van der Waals surface area contributed by atoms with Gasteiger partial charge in [0.1, 0.15) is 17.0 Å². The fourth-order valence-electron chi connectivity index (χ4n) is 5.01. The van der Waals surface area contributed by atoms with Gasteiger partial charge in [0, 0.05) is 44.9 Å². The number of hydrogen-bond acceptors (Lipinski definition) is 7. The number of hydrogen-bond donors (Lipinski definition) is 3. The largest absolute Gasteiger partial charge is 0.465 e. The molecule has 4 amide bonds. The van der Waals surface area contributed by atoms with E-state index in [2.05, 4.69) is 20.7 Å². The highest BCUT2D eigenvalue weighted by Gasteiger charge is 2.54. The molecule has 2 aliphatic rings. The van der Waals surface area contributed by atoms with Crippen LogP contribution in [0.25, 0.3) is 0 Å². The van der Waals surface area contributed by atoms with E-state index in [-0.39, 0.29) is 32.1 Å². The second-order valence-electron chi connectivity index (χ2n) is 10.5. The molecule has 1 aromatic heterocycles. The van der Waals surface area contributed by atoms with Crippen LogP contribution in [0.1, 0.15) is 31.5 Å². The summed E-state index contributed by atoms with van der Waals surface area (Å²) < 4.78 is 5.83. The van der Waals surface area contributed by atoms with Crippen molar-refractivity contribution in [3.63, 3.8) is 0 Å². The molecular weight excluding hydrogens is 516 g/mol. The van der Waals surface area contributed by atoms with E-state index < -0.39 is 34.9 Å². The number of aromatic nitrogens is 1. The zero-order valence-corrected chi connectivity index (χ0v) is 22.8. The van der Waals surface area contributed by atoms with Gasteiger partial charge in [-0.15, -0.1) is 0 Å². The molecule has 1 aromatic carbocycles. The van der Waals surface area contributed by atoms with E-state index in [1.165, 1.54) is 18.9 Å². The molecule has 3 N–H and O–H groups in total. The molecule has 12 nitrogen and oxygen atoms in total. The average molecular weight is 551 g/mol. The lowest BCUT2D eigenvalue weighted by molar-refractivity contribution is -0.144. The summed E-state index contributed by atoms with van der Waals surface area (Å²) in [6.45, 7) is 3.22. The Hall–Kier alpha value is -4.32. The van der Waals surface area contributed by atoms with Gasteiger partial charge in [-0.05, 0) is 31.5 Å². The maximum absolute atomic E-state index is 13.9. The van der Waals surface area contributed by atoms with E-state index in [9.17, 15) is 19.2 Å². The zero-order chi connectivity index (χ0) is 28.9. The van der Waals surface area contributed by atoms with E-state index in [0.29, 0.717) is 24.4 Å². The third-order valence-corrected chi connectivity index (χ3v) is 7.11. The van der Waals surface area contributed by atoms with Crippen LogP contribution in [-0.4, -0.2) is 87.9 Å². The molecule has 0 aliphatic carbocycles. The highest BCUT2D eigenvalue weighted by Crippen LogP contribution is 2.38. The van der Waals surface area contributed by atoms with Gasteiger partial charge in [-0.2, -0.15) is 5.10 Å². The average Bonchev–Trinajstić information content (AvgIpc) is 3.16. The monoisotopic (exact) mass is 550 g/mol. The number of fused-ring (bicyclic) bond motifs is 1. The molecule has 4 rings (SSSR count). The first-order chi connectivity index (χ1) is 19.0. The standard InChI is InChI=1S/C28H34N6O6/c1-27(2,31-26(38)39)24(36)30-21(17-40-16-19-9-5-4-6-10-19)23(35)34-14-12-22-28(18-34,25(37)33(3)32-22)15-20-11-7-8-13-29-20/h4-11,13,21,31H,12,14-18H2,1-3H3,(H,30,36)(H,38,39). The minimum absolute atomic E-state index is 0.0617. The van der Waals surface area contributed by atoms with Crippen LogP contribution in [0.15, 0.2) is 59.8 Å². The molecule has 2 unspecified atom stereocenters. The van der Waals surface area contributed by atoms with Crippen molar-refractivity contribution in [1.29, 1.82) is 0 Å². The van der Waals surface area contributed by atoms with Crippen LogP contribution in [0.3, 0.4) is 0 Å². The summed E-state index contributed by atoms with van der Waals surface area (Å²) >= 11 is 0. The Morgan fingerprint density at radius 3 is 2.55 bits per heavy atom. The smallest absolute Gasteiger partial charge is 0.405 e. The van der Waals surface area contributed by atoms with Crippen molar-refractivity contribution in [3.05, 3.63) is 66.0 Å². The molecule has 1 saturated heterocycles. The van der Waals surface area contributed by atoms with Gasteiger partial charge in [0.15, 0.2) is 0 Å². The maximum atomic E-state index is 13.9. The van der Waals surface area contributed by atoms with Crippen molar-refractivity contribution in [2.75, 3.05) is 26.7 Å². The van der Waals surface area contributed by atoms with Gasteiger partial charge in [-0.25, -0.2) is 9.80 Å². The Kier molecular flexibility index (Phi) is 8.48. The number of carbonyl (C=O) groups is 4. The number of likely N-dealkylation sites (tertiary alicyclic amines) is 1. The Bertz CT molecular complexity index is 1280. The van der Waals surface area contributed by atoms with Gasteiger partial charge in [-0.3, -0.25) is 19.4 Å². The third-order valence-electron chi connectivity index (χ3n) is 7.11. The van der Waals surface area contributed by atoms with Crippen LogP contribution in [0.2, 0.25) is 0 Å². The lowest BCUT2D eigenvalue weighted by Gasteiger charge is -2.40. The number of carboxylic acid groups (broad SMARTS) is 1. The van der Waals surface area contributed by atoms with Crippen molar-refractivity contribution >= 4 is 29.5 Å². The number of piperidine rings is 1. The molecule has 2 aromatic rings. The number of nitrogens with zero attached hydrogens (tertiary/aromatic N) is 4. The number of benzene rings is 1. The molecule has 2 atom stereocenters. The molecule has 1 fully saturated rings. The predicted octanol–water partition coefficient (Wildman–Crippen LogP) is 1.42. The summed E-state index contributed by atoms with van der Waals surface area (Å²) in [7, 11) is 1.60. The number of nitrogens with one attached hydrogen (secondary N) is 2. The normalized spacial score (nSPS) is 19.5. The Labute approximate surface area is 232 Å². The molecule has 12 heteroatoms. The van der Waals surface area contributed by atoms with Gasteiger partial charge in [0.05, 0.1) is 18.9 Å². The second-order valence-corrected chi connectivity index (χ2v) is 10.5. The molecule has 0 bridgehead atoms. The summed E-state index contributed by atoms with van der Waals surface area (Å²) in [5, 5.41) is 19.8. The van der Waals surface area contributed by atoms with Crippen LogP contribution in [-0.2, 0) is 32.1 Å².